The van der Waals surface area contributed by atoms with Crippen LogP contribution in [0.3, 0.4) is 0 Å². The molecule has 19 heavy (non-hydrogen) atoms. The van der Waals surface area contributed by atoms with Gasteiger partial charge in [-0.15, -0.1) is 11.3 Å². The molecule has 0 unspecified atom stereocenters. The van der Waals surface area contributed by atoms with Crippen LogP contribution in [-0.4, -0.2) is 11.1 Å². The maximum Gasteiger partial charge on any atom is 0.120 e. The van der Waals surface area contributed by atoms with Gasteiger partial charge in [-0.25, -0.2) is 0 Å². The highest BCUT2D eigenvalue weighted by Gasteiger charge is 2.20. The molecule has 100 valence electrons. The molecule has 2 aromatic rings. The number of nitriles is 1. The highest BCUT2D eigenvalue weighted by atomic mass is 32.1. The van der Waals surface area contributed by atoms with Crippen LogP contribution in [0.15, 0.2) is 29.8 Å². The number of hydrogen-bond donors (Lipinski definition) is 1. The van der Waals surface area contributed by atoms with Crippen LogP contribution in [0, 0.1) is 11.3 Å². The zero-order valence-corrected chi connectivity index (χ0v) is 12.4. The van der Waals surface area contributed by atoms with E-state index in [1.54, 1.807) is 11.3 Å². The van der Waals surface area contributed by atoms with Gasteiger partial charge in [0.2, 0.25) is 0 Å². The standard InChI is InChI=1S/C15H19N3S/c1-15(2,14-5-4-6-19-14)11-17-9-12-7-13(8-16)18(3)10-12/h4-7,10,17H,9,11H2,1-3H3. The Morgan fingerprint density at radius 1 is 1.47 bits per heavy atom. The summed E-state index contributed by atoms with van der Waals surface area (Å²) in [7, 11) is 1.90. The van der Waals surface area contributed by atoms with Gasteiger partial charge < -0.3 is 9.88 Å². The molecule has 0 bridgehead atoms. The molecular formula is C15H19N3S. The fraction of sp³-hybridized carbons (Fsp3) is 0.400. The summed E-state index contributed by atoms with van der Waals surface area (Å²) in [5.41, 5.74) is 2.00. The van der Waals surface area contributed by atoms with Crippen LogP contribution in [-0.2, 0) is 19.0 Å². The van der Waals surface area contributed by atoms with Gasteiger partial charge in [0.05, 0.1) is 0 Å². The Morgan fingerprint density at radius 3 is 2.84 bits per heavy atom. The fourth-order valence-electron chi connectivity index (χ4n) is 2.11. The van der Waals surface area contributed by atoms with E-state index in [0.29, 0.717) is 5.69 Å². The molecule has 0 aromatic carbocycles. The van der Waals surface area contributed by atoms with Gasteiger partial charge in [0.15, 0.2) is 0 Å². The van der Waals surface area contributed by atoms with Gasteiger partial charge in [-0.1, -0.05) is 19.9 Å². The van der Waals surface area contributed by atoms with Crippen molar-refractivity contribution >= 4 is 11.3 Å². The summed E-state index contributed by atoms with van der Waals surface area (Å²) in [6.07, 6.45) is 2.00. The Bertz CT molecular complexity index is 573. The van der Waals surface area contributed by atoms with E-state index in [9.17, 15) is 0 Å². The lowest BCUT2D eigenvalue weighted by atomic mass is 9.91. The van der Waals surface area contributed by atoms with Gasteiger partial charge in [-0.05, 0) is 23.1 Å². The Labute approximate surface area is 118 Å². The first-order chi connectivity index (χ1) is 9.03. The van der Waals surface area contributed by atoms with Gasteiger partial charge in [0.25, 0.3) is 0 Å². The summed E-state index contributed by atoms with van der Waals surface area (Å²) < 4.78 is 1.86. The quantitative estimate of drug-likeness (QED) is 0.909. The maximum absolute atomic E-state index is 8.92. The highest BCUT2D eigenvalue weighted by molar-refractivity contribution is 7.10. The van der Waals surface area contributed by atoms with Gasteiger partial charge in [-0.3, -0.25) is 0 Å². The minimum absolute atomic E-state index is 0.140. The third-order valence-corrected chi connectivity index (χ3v) is 4.50. The fourth-order valence-corrected chi connectivity index (χ4v) is 2.96. The van der Waals surface area contributed by atoms with Crippen LogP contribution in [0.25, 0.3) is 0 Å². The molecule has 0 spiro atoms. The Kier molecular flexibility index (Phi) is 4.08. The van der Waals surface area contributed by atoms with E-state index in [1.807, 2.05) is 23.9 Å². The third-order valence-electron chi connectivity index (χ3n) is 3.26. The summed E-state index contributed by atoms with van der Waals surface area (Å²) in [6.45, 7) is 6.21. The summed E-state index contributed by atoms with van der Waals surface area (Å²) >= 11 is 1.80. The summed E-state index contributed by atoms with van der Waals surface area (Å²) in [5, 5.41) is 14.5. The Balaban J connectivity index is 1.91. The molecule has 0 aliphatic heterocycles. The van der Waals surface area contributed by atoms with Gasteiger partial charge in [-0.2, -0.15) is 5.26 Å². The van der Waals surface area contributed by atoms with Crippen molar-refractivity contribution in [2.75, 3.05) is 6.54 Å². The van der Waals surface area contributed by atoms with Gasteiger partial charge in [0, 0.05) is 36.6 Å². The molecule has 0 atom stereocenters. The minimum atomic E-state index is 0.140. The van der Waals surface area contributed by atoms with E-state index in [2.05, 4.69) is 42.7 Å². The molecule has 0 saturated heterocycles. The minimum Gasteiger partial charge on any atom is -0.342 e. The lowest BCUT2D eigenvalue weighted by molar-refractivity contribution is 0.477. The van der Waals surface area contributed by atoms with Crippen molar-refractivity contribution in [3.63, 3.8) is 0 Å². The maximum atomic E-state index is 8.92. The van der Waals surface area contributed by atoms with Crippen molar-refractivity contribution in [2.45, 2.75) is 25.8 Å². The van der Waals surface area contributed by atoms with E-state index in [0.717, 1.165) is 18.7 Å². The normalized spacial score (nSPS) is 11.5. The van der Waals surface area contributed by atoms with Crippen molar-refractivity contribution in [3.05, 3.63) is 45.9 Å². The SMILES string of the molecule is Cn1cc(CNCC(C)(C)c2cccs2)cc1C#N. The van der Waals surface area contributed by atoms with E-state index in [1.165, 1.54) is 4.88 Å². The molecule has 0 aliphatic carbocycles. The predicted octanol–water partition coefficient (Wildman–Crippen LogP) is 3.03. The highest BCUT2D eigenvalue weighted by Crippen LogP contribution is 2.26. The van der Waals surface area contributed by atoms with Crippen LogP contribution in [0.1, 0.15) is 30.0 Å². The second-order valence-corrected chi connectivity index (χ2v) is 6.37. The molecule has 2 heterocycles. The van der Waals surface area contributed by atoms with Crippen molar-refractivity contribution in [3.8, 4) is 6.07 Å². The van der Waals surface area contributed by atoms with Crippen LogP contribution in [0.5, 0.6) is 0 Å². The first-order valence-corrected chi connectivity index (χ1v) is 7.21. The molecule has 0 saturated carbocycles. The number of aromatic nitrogens is 1. The smallest absolute Gasteiger partial charge is 0.120 e. The van der Waals surface area contributed by atoms with Crippen LogP contribution in [0.2, 0.25) is 0 Å². The average Bonchev–Trinajstić information content (AvgIpc) is 2.98. The van der Waals surface area contributed by atoms with E-state index >= 15 is 0 Å². The third kappa shape index (κ3) is 3.25. The largest absolute Gasteiger partial charge is 0.342 e. The van der Waals surface area contributed by atoms with Gasteiger partial charge in [0.1, 0.15) is 11.8 Å². The predicted molar refractivity (Wildman–Crippen MR) is 79.2 cm³/mol. The molecule has 1 N–H and O–H groups in total. The zero-order valence-electron chi connectivity index (χ0n) is 11.6. The molecule has 0 radical (unpaired) electrons. The van der Waals surface area contributed by atoms with E-state index < -0.39 is 0 Å². The zero-order chi connectivity index (χ0) is 13.9. The number of rotatable bonds is 5. The Hall–Kier alpha value is -1.57. The number of thiophene rings is 1. The molecule has 4 heteroatoms. The first kappa shape index (κ1) is 13.9. The van der Waals surface area contributed by atoms with Crippen LogP contribution in [0.4, 0.5) is 0 Å². The van der Waals surface area contributed by atoms with E-state index in [-0.39, 0.29) is 5.41 Å². The molecule has 2 rings (SSSR count). The van der Waals surface area contributed by atoms with Crippen molar-refractivity contribution in [1.82, 2.24) is 9.88 Å². The second-order valence-electron chi connectivity index (χ2n) is 5.42. The summed E-state index contributed by atoms with van der Waals surface area (Å²) in [6, 6.07) is 8.40. The Morgan fingerprint density at radius 2 is 2.26 bits per heavy atom. The molecule has 3 nitrogen and oxygen atoms in total. The van der Waals surface area contributed by atoms with E-state index in [4.69, 9.17) is 5.26 Å². The number of nitrogens with one attached hydrogen (secondary N) is 1. The lowest BCUT2D eigenvalue weighted by Crippen LogP contribution is -2.31. The molecule has 0 amide bonds. The van der Waals surface area contributed by atoms with Crippen LogP contribution >= 0.6 is 11.3 Å². The molecule has 0 fully saturated rings. The second kappa shape index (κ2) is 5.60. The monoisotopic (exact) mass is 273 g/mol. The lowest BCUT2D eigenvalue weighted by Gasteiger charge is -2.23. The first-order valence-electron chi connectivity index (χ1n) is 6.33. The number of nitrogens with zero attached hydrogens (tertiary/aromatic N) is 2. The van der Waals surface area contributed by atoms with Crippen molar-refractivity contribution in [1.29, 1.82) is 5.26 Å². The average molecular weight is 273 g/mol. The van der Waals surface area contributed by atoms with Crippen molar-refractivity contribution in [2.24, 2.45) is 7.05 Å². The molecule has 2 aromatic heterocycles. The molecule has 0 aliphatic rings. The van der Waals surface area contributed by atoms with Crippen LogP contribution < -0.4 is 5.32 Å². The molecular weight excluding hydrogens is 254 g/mol. The topological polar surface area (TPSA) is 40.8 Å². The summed E-state index contributed by atoms with van der Waals surface area (Å²) in [5.74, 6) is 0. The summed E-state index contributed by atoms with van der Waals surface area (Å²) in [4.78, 5) is 1.39. The van der Waals surface area contributed by atoms with Crippen molar-refractivity contribution < 1.29 is 0 Å². The number of aryl methyl sites for hydroxylation is 1. The number of hydrogen-bond acceptors (Lipinski definition) is 3. The van der Waals surface area contributed by atoms with Gasteiger partial charge >= 0.3 is 0 Å².